The molecule has 1 aliphatic heterocycles. The Balaban J connectivity index is 2.42. The number of halogens is 2. The van der Waals surface area contributed by atoms with Crippen LogP contribution in [0.3, 0.4) is 0 Å². The zero-order valence-electron chi connectivity index (χ0n) is 8.49. The highest BCUT2D eigenvalue weighted by molar-refractivity contribution is 6.52. The molecule has 0 saturated heterocycles. The van der Waals surface area contributed by atoms with E-state index < -0.39 is 7.04 Å². The van der Waals surface area contributed by atoms with Gasteiger partial charge in [-0.3, -0.25) is 0 Å². The SMILES string of the molecule is CCC[N+]1=Cc2ccccc2O[B-]1(F)F. The fourth-order valence-electron chi connectivity index (χ4n) is 1.65. The Hall–Kier alpha value is -1.39. The fraction of sp³-hybridized carbons (Fsp3) is 0.300. The fourth-order valence-corrected chi connectivity index (χ4v) is 1.65. The molecule has 1 aliphatic rings. The molecule has 80 valence electrons. The number of rotatable bonds is 2. The van der Waals surface area contributed by atoms with Gasteiger partial charge >= 0.3 is 7.04 Å². The minimum absolute atomic E-state index is 0.259. The zero-order valence-corrected chi connectivity index (χ0v) is 8.49. The summed E-state index contributed by atoms with van der Waals surface area (Å²) in [6, 6.07) is 6.82. The van der Waals surface area contributed by atoms with Crippen LogP contribution in [0.5, 0.6) is 5.75 Å². The second kappa shape index (κ2) is 3.64. The lowest BCUT2D eigenvalue weighted by atomic mass is 9.99. The second-order valence-electron chi connectivity index (χ2n) is 3.58. The summed E-state index contributed by atoms with van der Waals surface area (Å²) in [6.07, 6.45) is 2.14. The zero-order chi connectivity index (χ0) is 10.9. The molecule has 5 heteroatoms. The van der Waals surface area contributed by atoms with Gasteiger partial charge in [0.1, 0.15) is 6.21 Å². The minimum atomic E-state index is -3.90. The molecule has 1 aromatic rings. The van der Waals surface area contributed by atoms with Crippen molar-refractivity contribution in [2.75, 3.05) is 6.54 Å². The Kier molecular flexibility index (Phi) is 2.46. The molecule has 0 unspecified atom stereocenters. The van der Waals surface area contributed by atoms with E-state index in [1.54, 1.807) is 24.3 Å². The molecule has 15 heavy (non-hydrogen) atoms. The third-order valence-electron chi connectivity index (χ3n) is 2.36. The first-order chi connectivity index (χ1) is 7.13. The lowest BCUT2D eigenvalue weighted by Crippen LogP contribution is -2.49. The van der Waals surface area contributed by atoms with Gasteiger partial charge in [-0.05, 0) is 18.6 Å². The van der Waals surface area contributed by atoms with E-state index in [9.17, 15) is 8.63 Å². The molecule has 0 saturated carbocycles. The molecule has 0 fully saturated rings. The van der Waals surface area contributed by atoms with E-state index in [0.717, 1.165) is 4.49 Å². The van der Waals surface area contributed by atoms with Crippen LogP contribution in [0.4, 0.5) is 8.63 Å². The maximum atomic E-state index is 13.5. The van der Waals surface area contributed by atoms with Crippen molar-refractivity contribution in [3.8, 4) is 5.75 Å². The highest BCUT2D eigenvalue weighted by atomic mass is 19.3. The normalized spacial score (nSPS) is 17.7. The molecule has 0 atom stereocenters. The van der Waals surface area contributed by atoms with Crippen LogP contribution >= 0.6 is 0 Å². The number of hydrogen-bond donors (Lipinski definition) is 0. The monoisotopic (exact) mass is 211 g/mol. The van der Waals surface area contributed by atoms with Gasteiger partial charge in [0, 0.05) is 0 Å². The van der Waals surface area contributed by atoms with Crippen LogP contribution in [0.1, 0.15) is 18.9 Å². The first-order valence-corrected chi connectivity index (χ1v) is 5.03. The van der Waals surface area contributed by atoms with Gasteiger partial charge in [0.15, 0.2) is 0 Å². The Morgan fingerprint density at radius 3 is 2.80 bits per heavy atom. The van der Waals surface area contributed by atoms with Crippen molar-refractivity contribution in [1.29, 1.82) is 0 Å². The van der Waals surface area contributed by atoms with Gasteiger partial charge in [-0.25, -0.2) is 0 Å². The first-order valence-electron chi connectivity index (χ1n) is 5.03. The van der Waals surface area contributed by atoms with E-state index in [1.807, 2.05) is 6.92 Å². The van der Waals surface area contributed by atoms with Gasteiger partial charge in [-0.15, -0.1) is 0 Å². The summed E-state index contributed by atoms with van der Waals surface area (Å²) < 4.78 is 32.6. The lowest BCUT2D eigenvalue weighted by molar-refractivity contribution is -0.435. The van der Waals surface area contributed by atoms with E-state index in [2.05, 4.69) is 0 Å². The van der Waals surface area contributed by atoms with E-state index in [4.69, 9.17) is 4.65 Å². The average Bonchev–Trinajstić information content (AvgIpc) is 2.18. The Bertz CT molecular complexity index is 406. The second-order valence-corrected chi connectivity index (χ2v) is 3.58. The molecule has 0 amide bonds. The molecular formula is C10H12BF2NO. The summed E-state index contributed by atoms with van der Waals surface area (Å²) in [6.45, 7) is 2.17. The van der Waals surface area contributed by atoms with Gasteiger partial charge in [-0.1, -0.05) is 19.1 Å². The van der Waals surface area contributed by atoms with E-state index in [-0.39, 0.29) is 5.75 Å². The Morgan fingerprint density at radius 2 is 2.07 bits per heavy atom. The van der Waals surface area contributed by atoms with Crippen LogP contribution < -0.4 is 4.65 Å². The molecule has 0 bridgehead atoms. The van der Waals surface area contributed by atoms with E-state index in [1.165, 1.54) is 6.21 Å². The maximum Gasteiger partial charge on any atom is 0.828 e. The molecule has 0 radical (unpaired) electrons. The molecule has 2 nitrogen and oxygen atoms in total. The molecule has 1 heterocycles. The summed E-state index contributed by atoms with van der Waals surface area (Å²) in [5, 5.41) is 0. The van der Waals surface area contributed by atoms with Crippen molar-refractivity contribution in [2.45, 2.75) is 13.3 Å². The van der Waals surface area contributed by atoms with Crippen LogP contribution in [0, 0.1) is 0 Å². The molecular weight excluding hydrogens is 199 g/mol. The van der Waals surface area contributed by atoms with Gasteiger partial charge in [0.25, 0.3) is 0 Å². The average molecular weight is 211 g/mol. The smallest absolute Gasteiger partial charge is 0.599 e. The minimum Gasteiger partial charge on any atom is -0.599 e. The third-order valence-corrected chi connectivity index (χ3v) is 2.36. The van der Waals surface area contributed by atoms with Crippen molar-refractivity contribution in [2.24, 2.45) is 0 Å². The largest absolute Gasteiger partial charge is 0.828 e. The molecule has 1 aromatic carbocycles. The van der Waals surface area contributed by atoms with Crippen molar-refractivity contribution >= 4 is 13.3 Å². The Morgan fingerprint density at radius 1 is 1.33 bits per heavy atom. The van der Waals surface area contributed by atoms with Crippen molar-refractivity contribution < 1.29 is 17.8 Å². The number of fused-ring (bicyclic) bond motifs is 1. The van der Waals surface area contributed by atoms with Crippen molar-refractivity contribution in [3.05, 3.63) is 29.8 Å². The summed E-state index contributed by atoms with van der Waals surface area (Å²) in [4.78, 5) is 0. The number of nitrogens with zero attached hydrogens (tertiary/aromatic N) is 1. The van der Waals surface area contributed by atoms with Gasteiger partial charge in [0.2, 0.25) is 0 Å². The number of para-hydroxylation sites is 1. The van der Waals surface area contributed by atoms with Crippen LogP contribution in [-0.4, -0.2) is 24.3 Å². The molecule has 0 spiro atoms. The van der Waals surface area contributed by atoms with E-state index >= 15 is 0 Å². The molecule has 0 N–H and O–H groups in total. The highest BCUT2D eigenvalue weighted by Gasteiger charge is 2.48. The van der Waals surface area contributed by atoms with Crippen molar-refractivity contribution in [3.63, 3.8) is 0 Å². The van der Waals surface area contributed by atoms with Gasteiger partial charge in [0.05, 0.1) is 17.9 Å². The Labute approximate surface area is 87.2 Å². The summed E-state index contributed by atoms with van der Waals surface area (Å²) in [5.41, 5.74) is 0.707. The summed E-state index contributed by atoms with van der Waals surface area (Å²) >= 11 is 0. The van der Waals surface area contributed by atoms with Crippen LogP contribution in [0.25, 0.3) is 0 Å². The van der Waals surface area contributed by atoms with Crippen LogP contribution in [-0.2, 0) is 0 Å². The summed E-state index contributed by atoms with van der Waals surface area (Å²) in [7, 11) is -3.90. The molecule has 0 aliphatic carbocycles. The first kappa shape index (κ1) is 10.1. The maximum absolute atomic E-state index is 13.5. The third kappa shape index (κ3) is 1.86. The lowest BCUT2D eigenvalue weighted by Gasteiger charge is -2.28. The van der Waals surface area contributed by atoms with E-state index in [0.29, 0.717) is 18.5 Å². The summed E-state index contributed by atoms with van der Waals surface area (Å²) in [5.74, 6) is 0.259. The molecule has 2 rings (SSSR count). The predicted molar refractivity (Wildman–Crippen MR) is 55.6 cm³/mol. The van der Waals surface area contributed by atoms with Crippen molar-refractivity contribution in [1.82, 2.24) is 0 Å². The quantitative estimate of drug-likeness (QED) is 0.683. The molecule has 0 aromatic heterocycles. The van der Waals surface area contributed by atoms with Crippen LogP contribution in [0.2, 0.25) is 0 Å². The van der Waals surface area contributed by atoms with Gasteiger partial charge in [-0.2, -0.15) is 0 Å². The van der Waals surface area contributed by atoms with Gasteiger partial charge < -0.3 is 17.8 Å². The topological polar surface area (TPSA) is 12.2 Å². The number of benzene rings is 1. The predicted octanol–water partition coefficient (Wildman–Crippen LogP) is 2.29. The number of hydrogen-bond acceptors (Lipinski definition) is 1. The standard InChI is InChI=1S/C10H12BF2NO/c1-2-7-14-8-9-5-3-4-6-10(9)15-11(14,12)13/h3-6,8H,2,7H2,1H3. The highest BCUT2D eigenvalue weighted by Crippen LogP contribution is 2.26. The van der Waals surface area contributed by atoms with Crippen LogP contribution in [0.15, 0.2) is 24.3 Å².